The molecule has 8 aromatic carbocycles. The molecule has 0 bridgehead atoms. The molecule has 4 heterocycles. The van der Waals surface area contributed by atoms with Gasteiger partial charge in [-0.25, -0.2) is 9.97 Å². The highest BCUT2D eigenvalue weighted by Gasteiger charge is 2.27. The Bertz CT molecular complexity index is 3320. The van der Waals surface area contributed by atoms with Crippen LogP contribution < -0.4 is 4.74 Å². The van der Waals surface area contributed by atoms with Crippen LogP contribution >= 0.6 is 0 Å². The van der Waals surface area contributed by atoms with Gasteiger partial charge in [-0.2, -0.15) is 0 Å². The summed E-state index contributed by atoms with van der Waals surface area (Å²) < 4.78 is 12.1. The number of para-hydroxylation sites is 5. The third-order valence-electron chi connectivity index (χ3n) is 11.4. The Labute approximate surface area is 328 Å². The second-order valence-electron chi connectivity index (χ2n) is 14.5. The third-order valence-corrected chi connectivity index (χ3v) is 11.4. The van der Waals surface area contributed by atoms with Gasteiger partial charge in [0.1, 0.15) is 11.3 Å². The minimum atomic E-state index is 0.570. The van der Waals surface area contributed by atoms with Gasteiger partial charge >= 0.3 is 0 Å². The van der Waals surface area contributed by atoms with Crippen LogP contribution in [0.5, 0.6) is 11.5 Å². The fourth-order valence-electron chi connectivity index (χ4n) is 8.87. The van der Waals surface area contributed by atoms with Gasteiger partial charge in [0.15, 0.2) is 5.75 Å². The summed E-state index contributed by atoms with van der Waals surface area (Å²) in [6.07, 6.45) is 0. The van der Waals surface area contributed by atoms with Gasteiger partial charge in [-0.3, -0.25) is 4.57 Å². The summed E-state index contributed by atoms with van der Waals surface area (Å²) >= 11 is 0. The van der Waals surface area contributed by atoms with Gasteiger partial charge in [0.2, 0.25) is 5.95 Å². The number of benzene rings is 8. The van der Waals surface area contributed by atoms with E-state index in [4.69, 9.17) is 14.7 Å². The zero-order valence-corrected chi connectivity index (χ0v) is 30.7. The lowest BCUT2D eigenvalue weighted by molar-refractivity contribution is 0.490. The van der Waals surface area contributed by atoms with E-state index in [1.165, 1.54) is 10.8 Å². The zero-order valence-electron chi connectivity index (χ0n) is 30.7. The van der Waals surface area contributed by atoms with Gasteiger partial charge in [-0.1, -0.05) is 158 Å². The molecule has 0 N–H and O–H groups in total. The average molecular weight is 729 g/mol. The first-order chi connectivity index (χ1) is 28.3. The molecule has 0 radical (unpaired) electrons. The molecule has 3 aromatic heterocycles. The van der Waals surface area contributed by atoms with Crippen molar-refractivity contribution in [3.63, 3.8) is 0 Å². The van der Waals surface area contributed by atoms with Gasteiger partial charge in [-0.05, 0) is 36.4 Å². The molecule has 1 aliphatic rings. The molecular formula is C52H32N4O. The number of aromatic nitrogens is 4. The van der Waals surface area contributed by atoms with Crippen LogP contribution in [0.25, 0.3) is 100 Å². The minimum absolute atomic E-state index is 0.570. The molecule has 5 nitrogen and oxygen atoms in total. The molecule has 0 amide bonds. The quantitative estimate of drug-likeness (QED) is 0.182. The average Bonchev–Trinajstić information content (AvgIpc) is 3.81. The second-order valence-corrected chi connectivity index (χ2v) is 14.5. The van der Waals surface area contributed by atoms with E-state index in [0.717, 1.165) is 94.8 Å². The monoisotopic (exact) mass is 728 g/mol. The lowest BCUT2D eigenvalue weighted by Crippen LogP contribution is -2.06. The van der Waals surface area contributed by atoms with E-state index >= 15 is 0 Å². The predicted molar refractivity (Wildman–Crippen MR) is 233 cm³/mol. The summed E-state index contributed by atoms with van der Waals surface area (Å²) in [5.74, 6) is 2.09. The SMILES string of the molecule is c1ccc(-c2cc(-c3ccccc3)nc(-n3c4ccccc4c4ccc5c(c43)Oc3ccccc3-c3cccc4c6ccccc6n(c34)-c3ccccc3-5)n2)cc1. The first-order valence-corrected chi connectivity index (χ1v) is 19.3. The number of ether oxygens (including phenoxy) is 1. The van der Waals surface area contributed by atoms with Crippen molar-refractivity contribution in [2.24, 2.45) is 0 Å². The molecular weight excluding hydrogens is 697 g/mol. The van der Waals surface area contributed by atoms with Crippen LogP contribution in [0.15, 0.2) is 194 Å². The first kappa shape index (κ1) is 31.6. The van der Waals surface area contributed by atoms with E-state index in [0.29, 0.717) is 5.95 Å². The summed E-state index contributed by atoms with van der Waals surface area (Å²) in [5.41, 5.74) is 13.2. The van der Waals surface area contributed by atoms with Gasteiger partial charge in [-0.15, -0.1) is 0 Å². The van der Waals surface area contributed by atoms with Crippen LogP contribution in [0.4, 0.5) is 0 Å². The van der Waals surface area contributed by atoms with Crippen molar-refractivity contribution in [2.75, 3.05) is 0 Å². The Hall–Kier alpha value is -7.76. The molecule has 0 atom stereocenters. The molecule has 0 aliphatic carbocycles. The number of rotatable bonds is 3. The molecule has 0 fully saturated rings. The van der Waals surface area contributed by atoms with E-state index in [9.17, 15) is 0 Å². The van der Waals surface area contributed by atoms with Crippen molar-refractivity contribution in [3.8, 4) is 67.9 Å². The van der Waals surface area contributed by atoms with Crippen LogP contribution in [-0.4, -0.2) is 19.1 Å². The topological polar surface area (TPSA) is 44.9 Å². The van der Waals surface area contributed by atoms with Gasteiger partial charge < -0.3 is 9.30 Å². The normalized spacial score (nSPS) is 12.0. The Morgan fingerprint density at radius 3 is 1.63 bits per heavy atom. The molecule has 266 valence electrons. The zero-order chi connectivity index (χ0) is 37.5. The van der Waals surface area contributed by atoms with E-state index in [-0.39, 0.29) is 0 Å². The highest BCUT2D eigenvalue weighted by Crippen LogP contribution is 2.50. The third kappa shape index (κ3) is 4.76. The first-order valence-electron chi connectivity index (χ1n) is 19.3. The molecule has 5 heteroatoms. The number of nitrogens with zero attached hydrogens (tertiary/aromatic N) is 4. The summed E-state index contributed by atoms with van der Waals surface area (Å²) in [6.45, 7) is 0. The van der Waals surface area contributed by atoms with E-state index in [2.05, 4.69) is 191 Å². The van der Waals surface area contributed by atoms with Crippen molar-refractivity contribution in [2.45, 2.75) is 0 Å². The molecule has 57 heavy (non-hydrogen) atoms. The number of hydrogen-bond donors (Lipinski definition) is 0. The summed E-state index contributed by atoms with van der Waals surface area (Å²) in [5, 5.41) is 4.56. The Morgan fingerprint density at radius 1 is 0.368 bits per heavy atom. The molecule has 0 saturated carbocycles. The lowest BCUT2D eigenvalue weighted by Gasteiger charge is -2.22. The summed E-state index contributed by atoms with van der Waals surface area (Å²) in [7, 11) is 0. The fraction of sp³-hybridized carbons (Fsp3) is 0. The van der Waals surface area contributed by atoms with Crippen LogP contribution in [0, 0.1) is 0 Å². The molecule has 1 aliphatic heterocycles. The van der Waals surface area contributed by atoms with Gasteiger partial charge in [0.05, 0.1) is 33.6 Å². The van der Waals surface area contributed by atoms with Crippen LogP contribution in [0.3, 0.4) is 0 Å². The highest BCUT2D eigenvalue weighted by atomic mass is 16.5. The van der Waals surface area contributed by atoms with Crippen molar-refractivity contribution in [1.82, 2.24) is 19.1 Å². The second kappa shape index (κ2) is 12.4. The van der Waals surface area contributed by atoms with E-state index < -0.39 is 0 Å². The van der Waals surface area contributed by atoms with Crippen molar-refractivity contribution < 1.29 is 4.74 Å². The van der Waals surface area contributed by atoms with Gasteiger partial charge in [0, 0.05) is 54.9 Å². The van der Waals surface area contributed by atoms with Crippen molar-refractivity contribution in [3.05, 3.63) is 194 Å². The molecule has 0 saturated heterocycles. The predicted octanol–water partition coefficient (Wildman–Crippen LogP) is 13.4. The number of fused-ring (bicyclic) bond motifs is 13. The highest BCUT2D eigenvalue weighted by molar-refractivity contribution is 6.16. The largest absolute Gasteiger partial charge is 0.454 e. The van der Waals surface area contributed by atoms with Crippen molar-refractivity contribution >= 4 is 43.6 Å². The fourth-order valence-corrected chi connectivity index (χ4v) is 8.87. The summed E-state index contributed by atoms with van der Waals surface area (Å²) in [4.78, 5) is 10.7. The smallest absolute Gasteiger partial charge is 0.235 e. The van der Waals surface area contributed by atoms with Crippen LogP contribution in [-0.2, 0) is 0 Å². The lowest BCUT2D eigenvalue weighted by atomic mass is 9.97. The maximum Gasteiger partial charge on any atom is 0.235 e. The van der Waals surface area contributed by atoms with E-state index in [1.807, 2.05) is 12.1 Å². The van der Waals surface area contributed by atoms with Crippen molar-refractivity contribution in [1.29, 1.82) is 0 Å². The summed E-state index contributed by atoms with van der Waals surface area (Å²) in [6, 6.07) is 68.2. The molecule has 0 spiro atoms. The van der Waals surface area contributed by atoms with Crippen LogP contribution in [0.2, 0.25) is 0 Å². The molecule has 0 unspecified atom stereocenters. The standard InChI is InChI=1S/C52H32N4O/c1-3-16-33(17-4-1)43-32-44(34-18-5-2-6-19-34)54-52(53-43)56-47-28-13-8-21-36(47)41-30-31-42-37-22-9-12-27-46(37)55-45-26-11-7-20-35(45)39-24-15-25-40(49(39)55)38-23-10-14-29-48(38)57-51(42)50(41)56/h1-32H. The Balaban J connectivity index is 1.24. The van der Waals surface area contributed by atoms with Gasteiger partial charge in [0.25, 0.3) is 0 Å². The number of hydrogen-bond acceptors (Lipinski definition) is 3. The maximum atomic E-state index is 7.44. The Morgan fingerprint density at radius 2 is 0.912 bits per heavy atom. The maximum absolute atomic E-state index is 7.44. The van der Waals surface area contributed by atoms with E-state index in [1.54, 1.807) is 0 Å². The van der Waals surface area contributed by atoms with Crippen LogP contribution in [0.1, 0.15) is 0 Å². The molecule has 12 rings (SSSR count). The Kier molecular flexibility index (Phi) is 6.86. The minimum Gasteiger partial charge on any atom is -0.454 e. The molecule has 11 aromatic rings.